The molecular weight excluding hydrogens is 332 g/mol. The number of carbonyl (C=O) groups excluding carboxylic acids is 1. The SMILES string of the molecule is Cc1ccc(C(C)(C)CN(C)C(=O)CC(C)C2CCCNC2)cc1.Cl. The second-order valence-electron chi connectivity index (χ2n) is 8.29. The molecular formula is C21H35ClN2O. The number of likely N-dealkylation sites (N-methyl/N-ethyl adjacent to an activating group) is 1. The molecule has 4 heteroatoms. The molecule has 2 unspecified atom stereocenters. The molecule has 0 aliphatic carbocycles. The Balaban J connectivity index is 0.00000312. The van der Waals surface area contributed by atoms with Gasteiger partial charge in [-0.05, 0) is 50.3 Å². The molecule has 1 N–H and O–H groups in total. The number of benzene rings is 1. The van der Waals surface area contributed by atoms with Gasteiger partial charge < -0.3 is 10.2 Å². The predicted molar refractivity (Wildman–Crippen MR) is 108 cm³/mol. The van der Waals surface area contributed by atoms with Gasteiger partial charge in [0.05, 0.1) is 0 Å². The van der Waals surface area contributed by atoms with Gasteiger partial charge >= 0.3 is 0 Å². The minimum Gasteiger partial charge on any atom is -0.345 e. The van der Waals surface area contributed by atoms with Crippen LogP contribution in [0.15, 0.2) is 24.3 Å². The van der Waals surface area contributed by atoms with Crippen molar-refractivity contribution in [2.75, 3.05) is 26.7 Å². The Hall–Kier alpha value is -1.06. The molecule has 1 aromatic carbocycles. The van der Waals surface area contributed by atoms with E-state index in [9.17, 15) is 4.79 Å². The van der Waals surface area contributed by atoms with Crippen molar-refractivity contribution in [3.8, 4) is 0 Å². The van der Waals surface area contributed by atoms with E-state index in [-0.39, 0.29) is 23.7 Å². The summed E-state index contributed by atoms with van der Waals surface area (Å²) in [5, 5.41) is 3.46. The molecule has 1 amide bonds. The van der Waals surface area contributed by atoms with Crippen LogP contribution in [0.4, 0.5) is 0 Å². The highest BCUT2D eigenvalue weighted by Gasteiger charge is 2.27. The second kappa shape index (κ2) is 9.59. The first kappa shape index (κ1) is 22.0. The smallest absolute Gasteiger partial charge is 0.222 e. The summed E-state index contributed by atoms with van der Waals surface area (Å²) in [5.41, 5.74) is 2.53. The molecule has 0 radical (unpaired) electrons. The van der Waals surface area contributed by atoms with Crippen LogP contribution in [0.25, 0.3) is 0 Å². The number of hydrogen-bond acceptors (Lipinski definition) is 2. The van der Waals surface area contributed by atoms with Crippen LogP contribution in [0.2, 0.25) is 0 Å². The summed E-state index contributed by atoms with van der Waals surface area (Å²) in [6.45, 7) is 11.7. The maximum absolute atomic E-state index is 12.7. The molecule has 0 aromatic heterocycles. The summed E-state index contributed by atoms with van der Waals surface area (Å²) in [6, 6.07) is 8.67. The first-order valence-corrected chi connectivity index (χ1v) is 9.31. The van der Waals surface area contributed by atoms with Gasteiger partial charge in [-0.2, -0.15) is 0 Å². The Bertz CT molecular complexity index is 535. The first-order valence-electron chi connectivity index (χ1n) is 9.31. The molecule has 1 aromatic rings. The van der Waals surface area contributed by atoms with E-state index >= 15 is 0 Å². The third kappa shape index (κ3) is 6.31. The van der Waals surface area contributed by atoms with Gasteiger partial charge in [0.15, 0.2) is 0 Å². The van der Waals surface area contributed by atoms with Crippen molar-refractivity contribution in [2.24, 2.45) is 11.8 Å². The minimum absolute atomic E-state index is 0. The second-order valence-corrected chi connectivity index (χ2v) is 8.29. The van der Waals surface area contributed by atoms with Crippen LogP contribution < -0.4 is 5.32 Å². The summed E-state index contributed by atoms with van der Waals surface area (Å²) in [7, 11) is 1.95. The maximum atomic E-state index is 12.7. The van der Waals surface area contributed by atoms with Gasteiger partial charge in [0, 0.05) is 25.4 Å². The molecule has 25 heavy (non-hydrogen) atoms. The highest BCUT2D eigenvalue weighted by Crippen LogP contribution is 2.26. The van der Waals surface area contributed by atoms with Gasteiger partial charge in [0.25, 0.3) is 0 Å². The summed E-state index contributed by atoms with van der Waals surface area (Å²) >= 11 is 0. The average molecular weight is 367 g/mol. The van der Waals surface area contributed by atoms with E-state index in [0.29, 0.717) is 18.3 Å². The van der Waals surface area contributed by atoms with E-state index in [1.165, 1.54) is 24.0 Å². The maximum Gasteiger partial charge on any atom is 0.222 e. The van der Waals surface area contributed by atoms with Gasteiger partial charge in [0.1, 0.15) is 0 Å². The molecule has 142 valence electrons. The fourth-order valence-electron chi connectivity index (χ4n) is 3.74. The van der Waals surface area contributed by atoms with Crippen LogP contribution in [0.1, 0.15) is 51.2 Å². The zero-order chi connectivity index (χ0) is 17.7. The number of hydrogen-bond donors (Lipinski definition) is 1. The summed E-state index contributed by atoms with van der Waals surface area (Å²) < 4.78 is 0. The molecule has 1 aliphatic heterocycles. The Morgan fingerprint density at radius 2 is 1.96 bits per heavy atom. The predicted octanol–water partition coefficient (Wildman–Crippen LogP) is 4.18. The Morgan fingerprint density at radius 1 is 1.32 bits per heavy atom. The Labute approximate surface area is 160 Å². The van der Waals surface area contributed by atoms with Crippen LogP contribution in [0.5, 0.6) is 0 Å². The van der Waals surface area contributed by atoms with Crippen molar-refractivity contribution in [3.63, 3.8) is 0 Å². The van der Waals surface area contributed by atoms with E-state index in [2.05, 4.69) is 57.3 Å². The largest absolute Gasteiger partial charge is 0.345 e. The van der Waals surface area contributed by atoms with Crippen LogP contribution in [-0.2, 0) is 10.2 Å². The van der Waals surface area contributed by atoms with Gasteiger partial charge in [0.2, 0.25) is 5.91 Å². The number of piperidine rings is 1. The van der Waals surface area contributed by atoms with E-state index in [1.807, 2.05) is 11.9 Å². The number of nitrogens with one attached hydrogen (secondary N) is 1. The van der Waals surface area contributed by atoms with Crippen molar-refractivity contribution in [1.82, 2.24) is 10.2 Å². The molecule has 1 aliphatic rings. The van der Waals surface area contributed by atoms with Gasteiger partial charge in [-0.3, -0.25) is 4.79 Å². The lowest BCUT2D eigenvalue weighted by Crippen LogP contribution is -2.40. The Kier molecular flexibility index (Phi) is 8.43. The van der Waals surface area contributed by atoms with Gasteiger partial charge in [-0.15, -0.1) is 12.4 Å². The van der Waals surface area contributed by atoms with Gasteiger partial charge in [-0.1, -0.05) is 50.6 Å². The number of aryl methyl sites for hydroxylation is 1. The van der Waals surface area contributed by atoms with Crippen molar-refractivity contribution in [1.29, 1.82) is 0 Å². The third-order valence-electron chi connectivity index (χ3n) is 5.53. The van der Waals surface area contributed by atoms with E-state index < -0.39 is 0 Å². The van der Waals surface area contributed by atoms with Crippen LogP contribution >= 0.6 is 12.4 Å². The molecule has 1 saturated heterocycles. The van der Waals surface area contributed by atoms with Crippen LogP contribution in [0, 0.1) is 18.8 Å². The van der Waals surface area contributed by atoms with Crippen LogP contribution in [-0.4, -0.2) is 37.5 Å². The Morgan fingerprint density at radius 3 is 2.52 bits per heavy atom. The number of rotatable bonds is 6. The first-order chi connectivity index (χ1) is 11.3. The number of halogens is 1. The molecule has 0 saturated carbocycles. The quantitative estimate of drug-likeness (QED) is 0.819. The van der Waals surface area contributed by atoms with Crippen molar-refractivity contribution in [2.45, 2.75) is 52.4 Å². The topological polar surface area (TPSA) is 32.3 Å². The summed E-state index contributed by atoms with van der Waals surface area (Å²) in [6.07, 6.45) is 3.15. The zero-order valence-corrected chi connectivity index (χ0v) is 17.3. The minimum atomic E-state index is -0.0340. The van der Waals surface area contributed by atoms with E-state index in [1.54, 1.807) is 0 Å². The molecule has 2 rings (SSSR count). The molecule has 1 fully saturated rings. The van der Waals surface area contributed by atoms with Crippen molar-refractivity contribution in [3.05, 3.63) is 35.4 Å². The third-order valence-corrected chi connectivity index (χ3v) is 5.53. The van der Waals surface area contributed by atoms with E-state index in [4.69, 9.17) is 0 Å². The van der Waals surface area contributed by atoms with Gasteiger partial charge in [-0.25, -0.2) is 0 Å². The lowest BCUT2D eigenvalue weighted by atomic mass is 9.83. The monoisotopic (exact) mass is 366 g/mol. The lowest BCUT2D eigenvalue weighted by molar-refractivity contribution is -0.131. The molecule has 0 spiro atoms. The van der Waals surface area contributed by atoms with Crippen molar-refractivity contribution >= 4 is 18.3 Å². The van der Waals surface area contributed by atoms with E-state index in [0.717, 1.165) is 19.6 Å². The summed E-state index contributed by atoms with van der Waals surface area (Å²) in [4.78, 5) is 14.6. The molecule has 3 nitrogen and oxygen atoms in total. The molecule has 0 bridgehead atoms. The van der Waals surface area contributed by atoms with Crippen LogP contribution in [0.3, 0.4) is 0 Å². The number of nitrogens with zero attached hydrogens (tertiary/aromatic N) is 1. The average Bonchev–Trinajstić information content (AvgIpc) is 2.55. The highest BCUT2D eigenvalue weighted by atomic mass is 35.5. The number of amides is 1. The number of carbonyl (C=O) groups is 1. The normalized spacial score (nSPS) is 19.0. The van der Waals surface area contributed by atoms with Crippen molar-refractivity contribution < 1.29 is 4.79 Å². The molecule has 2 atom stereocenters. The lowest BCUT2D eigenvalue weighted by Gasteiger charge is -2.33. The highest BCUT2D eigenvalue weighted by molar-refractivity contribution is 5.85. The fraction of sp³-hybridized carbons (Fsp3) is 0.667. The fourth-order valence-corrected chi connectivity index (χ4v) is 3.74. The summed E-state index contributed by atoms with van der Waals surface area (Å²) in [5.74, 6) is 1.37. The standard InChI is InChI=1S/C21H34N2O.ClH/c1-16-8-10-19(11-9-16)21(3,4)15-23(5)20(24)13-17(2)18-7-6-12-22-14-18;/h8-11,17-18,22H,6-7,12-15H2,1-5H3;1H. The zero-order valence-electron chi connectivity index (χ0n) is 16.5. The molecule has 1 heterocycles.